The summed E-state index contributed by atoms with van der Waals surface area (Å²) in [4.78, 5) is 23.5. The van der Waals surface area contributed by atoms with E-state index in [0.717, 1.165) is 42.0 Å². The van der Waals surface area contributed by atoms with Crippen LogP contribution in [0.3, 0.4) is 0 Å². The van der Waals surface area contributed by atoms with Gasteiger partial charge in [-0.1, -0.05) is 24.2 Å². The van der Waals surface area contributed by atoms with E-state index in [1.165, 1.54) is 0 Å². The predicted molar refractivity (Wildman–Crippen MR) is 105 cm³/mol. The molecule has 1 aliphatic rings. The lowest BCUT2D eigenvalue weighted by atomic mass is 9.91. The molecule has 29 heavy (non-hydrogen) atoms. The molecule has 8 nitrogen and oxygen atoms in total. The minimum Gasteiger partial charge on any atom is -0.361 e. The molecule has 0 bridgehead atoms. The van der Waals surface area contributed by atoms with Gasteiger partial charge in [0, 0.05) is 43.8 Å². The van der Waals surface area contributed by atoms with Crippen LogP contribution in [0.2, 0.25) is 0 Å². The van der Waals surface area contributed by atoms with Crippen molar-refractivity contribution in [1.82, 2.24) is 25.2 Å². The summed E-state index contributed by atoms with van der Waals surface area (Å²) in [6, 6.07) is 3.64. The second-order valence-electron chi connectivity index (χ2n) is 8.02. The maximum atomic E-state index is 13.0. The van der Waals surface area contributed by atoms with Gasteiger partial charge in [-0.05, 0) is 25.7 Å². The lowest BCUT2D eigenvalue weighted by Crippen LogP contribution is -2.39. The van der Waals surface area contributed by atoms with Crippen LogP contribution in [0.15, 0.2) is 33.7 Å². The number of aromatic nitrogens is 4. The van der Waals surface area contributed by atoms with E-state index in [9.17, 15) is 4.79 Å². The van der Waals surface area contributed by atoms with Gasteiger partial charge in [-0.15, -0.1) is 0 Å². The van der Waals surface area contributed by atoms with Gasteiger partial charge in [0.2, 0.25) is 0 Å². The molecule has 0 aromatic carbocycles. The van der Waals surface area contributed by atoms with Gasteiger partial charge in [-0.25, -0.2) is 9.97 Å². The third-order valence-electron chi connectivity index (χ3n) is 5.12. The predicted octanol–water partition coefficient (Wildman–Crippen LogP) is 3.65. The van der Waals surface area contributed by atoms with Crippen molar-refractivity contribution in [3.05, 3.63) is 47.5 Å². The Bertz CT molecular complexity index is 994. The Hall–Kier alpha value is -3.03. The molecule has 0 spiro atoms. The Balaban J connectivity index is 1.53. The average molecular weight is 395 g/mol. The molecule has 3 aromatic rings. The van der Waals surface area contributed by atoms with Gasteiger partial charge in [0.1, 0.15) is 12.1 Å². The molecule has 4 heterocycles. The van der Waals surface area contributed by atoms with Crippen molar-refractivity contribution in [3.8, 4) is 11.3 Å². The molecule has 152 valence electrons. The molecule has 0 saturated carbocycles. The standard InChI is InChI=1S/C21H25N5O3/c1-13(2)7-16-9-18(25-28-16)21(27)26-6-4-5-15(11-26)20-17(10-22-12-23-20)19-8-14(3)24-29-19/h8-10,12-13,15H,4-7,11H2,1-3H3/t15-/m0/s1. The molecule has 1 atom stereocenters. The highest BCUT2D eigenvalue weighted by atomic mass is 16.5. The fourth-order valence-corrected chi connectivity index (χ4v) is 3.80. The summed E-state index contributed by atoms with van der Waals surface area (Å²) >= 11 is 0. The maximum Gasteiger partial charge on any atom is 0.276 e. The molecule has 8 heteroatoms. The monoisotopic (exact) mass is 395 g/mol. The summed E-state index contributed by atoms with van der Waals surface area (Å²) in [5, 5.41) is 7.97. The van der Waals surface area contributed by atoms with Crippen molar-refractivity contribution in [2.75, 3.05) is 13.1 Å². The van der Waals surface area contributed by atoms with E-state index in [-0.39, 0.29) is 11.8 Å². The van der Waals surface area contributed by atoms with Crippen LogP contribution in [0.4, 0.5) is 0 Å². The summed E-state index contributed by atoms with van der Waals surface area (Å²) in [6.07, 6.45) is 5.89. The Labute approximate surface area is 169 Å². The molecule has 3 aromatic heterocycles. The highest BCUT2D eigenvalue weighted by Crippen LogP contribution is 2.33. The van der Waals surface area contributed by atoms with Crippen LogP contribution in [0.5, 0.6) is 0 Å². The first-order valence-corrected chi connectivity index (χ1v) is 9.99. The van der Waals surface area contributed by atoms with Crippen LogP contribution in [-0.2, 0) is 6.42 Å². The molecule has 1 amide bonds. The fourth-order valence-electron chi connectivity index (χ4n) is 3.80. The van der Waals surface area contributed by atoms with E-state index in [2.05, 4.69) is 34.1 Å². The van der Waals surface area contributed by atoms with Gasteiger partial charge in [-0.2, -0.15) is 0 Å². The SMILES string of the molecule is Cc1cc(-c2cncnc2[C@H]2CCCN(C(=O)c3cc(CC(C)C)on3)C2)on1. The first kappa shape index (κ1) is 19.3. The van der Waals surface area contributed by atoms with Crippen molar-refractivity contribution in [2.45, 2.75) is 46.0 Å². The topological polar surface area (TPSA) is 98.2 Å². The maximum absolute atomic E-state index is 13.0. The largest absolute Gasteiger partial charge is 0.361 e. The number of hydrogen-bond acceptors (Lipinski definition) is 7. The number of carbonyl (C=O) groups is 1. The lowest BCUT2D eigenvalue weighted by Gasteiger charge is -2.32. The molecule has 0 radical (unpaired) electrons. The van der Waals surface area contributed by atoms with Crippen LogP contribution < -0.4 is 0 Å². The highest BCUT2D eigenvalue weighted by Gasteiger charge is 2.30. The Morgan fingerprint density at radius 2 is 2.14 bits per heavy atom. The zero-order valence-electron chi connectivity index (χ0n) is 17.0. The molecule has 0 unspecified atom stereocenters. The summed E-state index contributed by atoms with van der Waals surface area (Å²) in [7, 11) is 0. The van der Waals surface area contributed by atoms with Crippen LogP contribution in [0.1, 0.15) is 60.2 Å². The van der Waals surface area contributed by atoms with Crippen LogP contribution in [-0.4, -0.2) is 44.2 Å². The van der Waals surface area contributed by atoms with E-state index in [4.69, 9.17) is 9.05 Å². The van der Waals surface area contributed by atoms with Gasteiger partial charge in [0.05, 0.1) is 17.0 Å². The summed E-state index contributed by atoms with van der Waals surface area (Å²) in [6.45, 7) is 7.36. The van der Waals surface area contributed by atoms with E-state index in [1.807, 2.05) is 17.9 Å². The van der Waals surface area contributed by atoms with E-state index >= 15 is 0 Å². The van der Waals surface area contributed by atoms with Gasteiger partial charge < -0.3 is 13.9 Å². The lowest BCUT2D eigenvalue weighted by molar-refractivity contribution is 0.0695. The van der Waals surface area contributed by atoms with Crippen molar-refractivity contribution < 1.29 is 13.8 Å². The van der Waals surface area contributed by atoms with Crippen molar-refractivity contribution in [2.24, 2.45) is 5.92 Å². The minimum absolute atomic E-state index is 0.0955. The number of likely N-dealkylation sites (tertiary alicyclic amines) is 1. The average Bonchev–Trinajstić information content (AvgIpc) is 3.36. The molecule has 0 aliphatic carbocycles. The second-order valence-corrected chi connectivity index (χ2v) is 8.02. The van der Waals surface area contributed by atoms with Gasteiger partial charge in [0.15, 0.2) is 11.5 Å². The number of amides is 1. The molecule has 1 fully saturated rings. The van der Waals surface area contributed by atoms with E-state index in [1.54, 1.807) is 18.6 Å². The van der Waals surface area contributed by atoms with E-state index < -0.39 is 0 Å². The quantitative estimate of drug-likeness (QED) is 0.650. The third-order valence-corrected chi connectivity index (χ3v) is 5.12. The zero-order valence-corrected chi connectivity index (χ0v) is 17.0. The Kier molecular flexibility index (Phi) is 5.42. The normalized spacial score (nSPS) is 17.1. The minimum atomic E-state index is -0.0976. The summed E-state index contributed by atoms with van der Waals surface area (Å²) in [5.41, 5.74) is 2.89. The molecular weight excluding hydrogens is 370 g/mol. The molecule has 4 rings (SSSR count). The Morgan fingerprint density at radius 1 is 1.28 bits per heavy atom. The van der Waals surface area contributed by atoms with Crippen molar-refractivity contribution in [3.63, 3.8) is 0 Å². The number of hydrogen-bond donors (Lipinski definition) is 0. The highest BCUT2D eigenvalue weighted by molar-refractivity contribution is 5.92. The first-order chi connectivity index (χ1) is 14.0. The van der Waals surface area contributed by atoms with Crippen molar-refractivity contribution >= 4 is 5.91 Å². The van der Waals surface area contributed by atoms with Crippen LogP contribution in [0, 0.1) is 12.8 Å². The van der Waals surface area contributed by atoms with Crippen LogP contribution in [0.25, 0.3) is 11.3 Å². The summed E-state index contributed by atoms with van der Waals surface area (Å²) < 4.78 is 10.8. The fraction of sp³-hybridized carbons (Fsp3) is 0.476. The third kappa shape index (κ3) is 4.21. The molecule has 1 aliphatic heterocycles. The number of rotatable bonds is 5. The molecule has 0 N–H and O–H groups in total. The van der Waals surface area contributed by atoms with Crippen LogP contribution >= 0.6 is 0 Å². The Morgan fingerprint density at radius 3 is 2.90 bits per heavy atom. The molecular formula is C21H25N5O3. The summed E-state index contributed by atoms with van der Waals surface area (Å²) in [5.74, 6) is 1.84. The van der Waals surface area contributed by atoms with E-state index in [0.29, 0.717) is 30.5 Å². The number of piperidine rings is 1. The number of nitrogens with zero attached hydrogens (tertiary/aromatic N) is 5. The van der Waals surface area contributed by atoms with Gasteiger partial charge >= 0.3 is 0 Å². The number of carbonyl (C=O) groups excluding carboxylic acids is 1. The first-order valence-electron chi connectivity index (χ1n) is 9.99. The molecule has 1 saturated heterocycles. The zero-order chi connectivity index (χ0) is 20.4. The van der Waals surface area contributed by atoms with Gasteiger partial charge in [0.25, 0.3) is 5.91 Å². The van der Waals surface area contributed by atoms with Gasteiger partial charge in [-0.3, -0.25) is 4.79 Å². The second kappa shape index (κ2) is 8.14. The van der Waals surface area contributed by atoms with Crippen molar-refractivity contribution in [1.29, 1.82) is 0 Å². The number of aryl methyl sites for hydroxylation is 1. The smallest absolute Gasteiger partial charge is 0.276 e.